The smallest absolute Gasteiger partial charge is 0.313 e. The van der Waals surface area contributed by atoms with Crippen molar-refractivity contribution < 1.29 is 9.90 Å². The predicted octanol–water partition coefficient (Wildman–Crippen LogP) is 2.08. The van der Waals surface area contributed by atoms with E-state index in [0.717, 1.165) is 30.4 Å². The Balaban J connectivity index is 1.90. The van der Waals surface area contributed by atoms with E-state index in [1.165, 1.54) is 11.1 Å². The van der Waals surface area contributed by atoms with E-state index in [9.17, 15) is 4.79 Å². The number of aromatic nitrogens is 3. The molecule has 1 aromatic heterocycles. The predicted molar refractivity (Wildman–Crippen MR) is 73.3 cm³/mol. The molecule has 19 heavy (non-hydrogen) atoms. The molecule has 0 saturated carbocycles. The monoisotopic (exact) mass is 277 g/mol. The van der Waals surface area contributed by atoms with Crippen LogP contribution in [0.3, 0.4) is 0 Å². The van der Waals surface area contributed by atoms with Crippen molar-refractivity contribution in [1.82, 2.24) is 15.2 Å². The SMILES string of the molecule is Cc1ccccc1CCc1nc(SCC(=O)O)n[nH]1. The molecule has 0 amide bonds. The summed E-state index contributed by atoms with van der Waals surface area (Å²) in [7, 11) is 0. The second-order valence-electron chi connectivity index (χ2n) is 4.17. The van der Waals surface area contributed by atoms with Gasteiger partial charge in [0, 0.05) is 6.42 Å². The molecule has 6 heteroatoms. The van der Waals surface area contributed by atoms with Gasteiger partial charge in [-0.25, -0.2) is 4.98 Å². The maximum absolute atomic E-state index is 10.4. The number of rotatable bonds is 6. The van der Waals surface area contributed by atoms with E-state index >= 15 is 0 Å². The third-order valence-corrected chi connectivity index (χ3v) is 3.56. The van der Waals surface area contributed by atoms with Crippen LogP contribution in [0.5, 0.6) is 0 Å². The van der Waals surface area contributed by atoms with E-state index in [4.69, 9.17) is 5.11 Å². The largest absolute Gasteiger partial charge is 0.481 e. The first kappa shape index (κ1) is 13.6. The quantitative estimate of drug-likeness (QED) is 0.790. The average Bonchev–Trinajstić information content (AvgIpc) is 2.83. The Morgan fingerprint density at radius 1 is 1.37 bits per heavy atom. The standard InChI is InChI=1S/C13H15N3O2S/c1-9-4-2-3-5-10(9)6-7-11-14-13(16-15-11)19-8-12(17)18/h2-5H,6-8H2,1H3,(H,17,18)(H,14,15,16). The number of thioether (sulfide) groups is 1. The van der Waals surface area contributed by atoms with Gasteiger partial charge in [-0.05, 0) is 24.5 Å². The fourth-order valence-electron chi connectivity index (χ4n) is 1.72. The fourth-order valence-corrected chi connectivity index (χ4v) is 2.26. The number of H-pyrrole nitrogens is 1. The van der Waals surface area contributed by atoms with E-state index in [1.54, 1.807) is 0 Å². The number of carboxylic acid groups (broad SMARTS) is 1. The molecule has 0 aliphatic carbocycles. The molecule has 0 radical (unpaired) electrons. The molecule has 0 saturated heterocycles. The molecule has 2 aromatic rings. The molecule has 100 valence electrons. The van der Waals surface area contributed by atoms with Gasteiger partial charge in [0.15, 0.2) is 0 Å². The van der Waals surface area contributed by atoms with Crippen molar-refractivity contribution in [2.45, 2.75) is 24.9 Å². The summed E-state index contributed by atoms with van der Waals surface area (Å²) in [6.07, 6.45) is 1.66. The Hall–Kier alpha value is -1.82. The lowest BCUT2D eigenvalue weighted by atomic mass is 10.0. The zero-order valence-corrected chi connectivity index (χ0v) is 11.4. The molecule has 0 fully saturated rings. The summed E-state index contributed by atoms with van der Waals surface area (Å²) >= 11 is 1.12. The Morgan fingerprint density at radius 2 is 2.16 bits per heavy atom. The van der Waals surface area contributed by atoms with Gasteiger partial charge in [-0.15, -0.1) is 5.10 Å². The molecular weight excluding hydrogens is 262 g/mol. The first-order chi connectivity index (χ1) is 9.15. The number of nitrogens with one attached hydrogen (secondary N) is 1. The number of benzene rings is 1. The van der Waals surface area contributed by atoms with Gasteiger partial charge in [-0.2, -0.15) is 0 Å². The molecule has 0 bridgehead atoms. The van der Waals surface area contributed by atoms with Crippen LogP contribution in [0.2, 0.25) is 0 Å². The summed E-state index contributed by atoms with van der Waals surface area (Å²) in [4.78, 5) is 14.7. The Bertz CT molecular complexity index is 569. The van der Waals surface area contributed by atoms with Crippen molar-refractivity contribution in [3.05, 3.63) is 41.2 Å². The van der Waals surface area contributed by atoms with Gasteiger partial charge in [0.05, 0.1) is 5.75 Å². The van der Waals surface area contributed by atoms with Crippen molar-refractivity contribution in [1.29, 1.82) is 0 Å². The van der Waals surface area contributed by atoms with Crippen LogP contribution in [0.1, 0.15) is 17.0 Å². The minimum atomic E-state index is -0.865. The number of aromatic amines is 1. The van der Waals surface area contributed by atoms with E-state index in [0.29, 0.717) is 5.16 Å². The number of carbonyl (C=O) groups is 1. The third-order valence-electron chi connectivity index (χ3n) is 2.73. The highest BCUT2D eigenvalue weighted by atomic mass is 32.2. The highest BCUT2D eigenvalue weighted by molar-refractivity contribution is 7.99. The second-order valence-corrected chi connectivity index (χ2v) is 5.12. The van der Waals surface area contributed by atoms with Crippen molar-refractivity contribution in [2.24, 2.45) is 0 Å². The zero-order valence-electron chi connectivity index (χ0n) is 10.6. The number of hydrogen-bond donors (Lipinski definition) is 2. The topological polar surface area (TPSA) is 78.9 Å². The summed E-state index contributed by atoms with van der Waals surface area (Å²) < 4.78 is 0. The lowest BCUT2D eigenvalue weighted by Gasteiger charge is -2.02. The summed E-state index contributed by atoms with van der Waals surface area (Å²) in [6.45, 7) is 2.09. The van der Waals surface area contributed by atoms with Crippen LogP contribution < -0.4 is 0 Å². The van der Waals surface area contributed by atoms with E-state index in [1.807, 2.05) is 12.1 Å². The number of aryl methyl sites for hydroxylation is 3. The second kappa shape index (κ2) is 6.38. The maximum Gasteiger partial charge on any atom is 0.313 e. The first-order valence-corrected chi connectivity index (χ1v) is 6.94. The molecule has 0 aliphatic rings. The fraction of sp³-hybridized carbons (Fsp3) is 0.308. The van der Waals surface area contributed by atoms with Gasteiger partial charge in [-0.1, -0.05) is 36.0 Å². The van der Waals surface area contributed by atoms with E-state index in [2.05, 4.69) is 34.2 Å². The number of aliphatic carboxylic acids is 1. The van der Waals surface area contributed by atoms with Crippen molar-refractivity contribution in [2.75, 3.05) is 5.75 Å². The molecule has 0 spiro atoms. The molecule has 0 unspecified atom stereocenters. The highest BCUT2D eigenvalue weighted by Crippen LogP contribution is 2.14. The Labute approximate surface area is 115 Å². The average molecular weight is 277 g/mol. The number of nitrogens with zero attached hydrogens (tertiary/aromatic N) is 2. The molecule has 1 heterocycles. The van der Waals surface area contributed by atoms with E-state index < -0.39 is 5.97 Å². The molecule has 0 aliphatic heterocycles. The molecule has 0 atom stereocenters. The van der Waals surface area contributed by atoms with Crippen LogP contribution in [-0.4, -0.2) is 32.0 Å². The van der Waals surface area contributed by atoms with Crippen LogP contribution in [0.4, 0.5) is 0 Å². The molecule has 1 aromatic carbocycles. The van der Waals surface area contributed by atoms with Crippen LogP contribution in [0.25, 0.3) is 0 Å². The highest BCUT2D eigenvalue weighted by Gasteiger charge is 2.07. The minimum Gasteiger partial charge on any atom is -0.481 e. The summed E-state index contributed by atoms with van der Waals surface area (Å²) in [5.41, 5.74) is 2.56. The first-order valence-electron chi connectivity index (χ1n) is 5.95. The van der Waals surface area contributed by atoms with Gasteiger partial charge in [0.1, 0.15) is 5.82 Å². The number of hydrogen-bond acceptors (Lipinski definition) is 4. The summed E-state index contributed by atoms with van der Waals surface area (Å²) in [5.74, 6) is -0.0952. The van der Waals surface area contributed by atoms with Crippen molar-refractivity contribution in [3.63, 3.8) is 0 Å². The van der Waals surface area contributed by atoms with Gasteiger partial charge in [0.2, 0.25) is 5.16 Å². The Morgan fingerprint density at radius 3 is 2.89 bits per heavy atom. The minimum absolute atomic E-state index is 0.0188. The normalized spacial score (nSPS) is 10.6. The zero-order chi connectivity index (χ0) is 13.7. The van der Waals surface area contributed by atoms with Gasteiger partial charge >= 0.3 is 5.97 Å². The molecule has 2 N–H and O–H groups in total. The number of carboxylic acids is 1. The Kier molecular flexibility index (Phi) is 4.57. The van der Waals surface area contributed by atoms with Crippen molar-refractivity contribution in [3.8, 4) is 0 Å². The van der Waals surface area contributed by atoms with Crippen LogP contribution in [0.15, 0.2) is 29.4 Å². The van der Waals surface area contributed by atoms with Gasteiger partial charge < -0.3 is 5.11 Å². The van der Waals surface area contributed by atoms with E-state index in [-0.39, 0.29) is 5.75 Å². The van der Waals surface area contributed by atoms with Crippen LogP contribution in [-0.2, 0) is 17.6 Å². The van der Waals surface area contributed by atoms with Crippen molar-refractivity contribution >= 4 is 17.7 Å². The lowest BCUT2D eigenvalue weighted by molar-refractivity contribution is -0.133. The lowest BCUT2D eigenvalue weighted by Crippen LogP contribution is -1.98. The maximum atomic E-state index is 10.4. The summed E-state index contributed by atoms with van der Waals surface area (Å²) in [5, 5.41) is 15.9. The van der Waals surface area contributed by atoms with Gasteiger partial charge in [-0.3, -0.25) is 9.89 Å². The van der Waals surface area contributed by atoms with Gasteiger partial charge in [0.25, 0.3) is 0 Å². The summed E-state index contributed by atoms with van der Waals surface area (Å²) in [6, 6.07) is 8.24. The third kappa shape index (κ3) is 4.10. The molecule has 5 nitrogen and oxygen atoms in total. The van der Waals surface area contributed by atoms with Crippen LogP contribution in [0, 0.1) is 6.92 Å². The molecule has 2 rings (SSSR count). The van der Waals surface area contributed by atoms with Crippen LogP contribution >= 0.6 is 11.8 Å². The molecular formula is C13H15N3O2S.